The van der Waals surface area contributed by atoms with Crippen LogP contribution in [0.25, 0.3) is 0 Å². The van der Waals surface area contributed by atoms with Gasteiger partial charge in [-0.15, -0.1) is 0 Å². The molecule has 0 aromatic rings. The van der Waals surface area contributed by atoms with Crippen LogP contribution in [0, 0.1) is 0 Å². The zero-order chi connectivity index (χ0) is 48.6. The van der Waals surface area contributed by atoms with Crippen LogP contribution in [-0.4, -0.2) is 37.2 Å². The number of carbonyl (C=O) groups is 3. The molecule has 0 heterocycles. The van der Waals surface area contributed by atoms with E-state index in [9.17, 15) is 14.4 Å². The SMILES string of the molecule is CC\C=C/C=C\C=C/C=C\C=C\C=C/CCCCCC(=O)OCC(COC(=O)CCCCCCCCCCCCCCCCCC)OC(=O)CCCCCCCC/C=C\C/C=C\C/C=C\CC. The van der Waals surface area contributed by atoms with E-state index in [0.29, 0.717) is 19.3 Å². The van der Waals surface area contributed by atoms with Gasteiger partial charge in [0.05, 0.1) is 0 Å². The number of carbonyl (C=O) groups excluding carboxylic acids is 3. The smallest absolute Gasteiger partial charge is 0.306 e. The molecule has 1 atom stereocenters. The lowest BCUT2D eigenvalue weighted by Crippen LogP contribution is -2.30. The van der Waals surface area contributed by atoms with Crippen molar-refractivity contribution in [1.82, 2.24) is 0 Å². The minimum absolute atomic E-state index is 0.0979. The summed E-state index contributed by atoms with van der Waals surface area (Å²) in [7, 11) is 0. The molecule has 0 bridgehead atoms. The summed E-state index contributed by atoms with van der Waals surface area (Å²) in [6.45, 7) is 6.34. The highest BCUT2D eigenvalue weighted by molar-refractivity contribution is 5.71. The summed E-state index contributed by atoms with van der Waals surface area (Å²) in [5.74, 6) is -0.955. The minimum atomic E-state index is -0.804. The zero-order valence-electron chi connectivity index (χ0n) is 43.4. The van der Waals surface area contributed by atoms with Gasteiger partial charge in [-0.2, -0.15) is 0 Å². The summed E-state index contributed by atoms with van der Waals surface area (Å²) in [6.07, 6.45) is 73.5. The van der Waals surface area contributed by atoms with Crippen molar-refractivity contribution in [3.8, 4) is 0 Å². The van der Waals surface area contributed by atoms with Crippen molar-refractivity contribution >= 4 is 17.9 Å². The molecule has 0 aliphatic rings. The van der Waals surface area contributed by atoms with Gasteiger partial charge >= 0.3 is 17.9 Å². The summed E-state index contributed by atoms with van der Waals surface area (Å²) < 4.78 is 16.8. The number of unbranched alkanes of at least 4 members (excludes halogenated alkanes) is 24. The van der Waals surface area contributed by atoms with Gasteiger partial charge in [-0.1, -0.05) is 259 Å². The first-order valence-electron chi connectivity index (χ1n) is 27.5. The Bertz CT molecular complexity index is 1390. The Morgan fingerprint density at radius 1 is 0.328 bits per heavy atom. The van der Waals surface area contributed by atoms with Crippen LogP contribution in [0.5, 0.6) is 0 Å². The van der Waals surface area contributed by atoms with E-state index >= 15 is 0 Å². The zero-order valence-corrected chi connectivity index (χ0v) is 43.4. The maximum absolute atomic E-state index is 12.8. The van der Waals surface area contributed by atoms with E-state index in [0.717, 1.165) is 103 Å². The fraction of sp³-hybridized carbons (Fsp3) is 0.656. The molecule has 0 fully saturated rings. The molecule has 0 rings (SSSR count). The van der Waals surface area contributed by atoms with Crippen LogP contribution in [0.4, 0.5) is 0 Å². The Morgan fingerprint density at radius 2 is 0.657 bits per heavy atom. The maximum atomic E-state index is 12.8. The van der Waals surface area contributed by atoms with Gasteiger partial charge in [-0.05, 0) is 70.6 Å². The fourth-order valence-corrected chi connectivity index (χ4v) is 7.37. The molecular weight excluding hydrogens is 829 g/mol. The Morgan fingerprint density at radius 3 is 1.10 bits per heavy atom. The number of esters is 3. The molecule has 0 aliphatic heterocycles. The van der Waals surface area contributed by atoms with Crippen molar-refractivity contribution < 1.29 is 28.6 Å². The average molecular weight is 929 g/mol. The predicted molar refractivity (Wildman–Crippen MR) is 288 cm³/mol. The number of hydrogen-bond donors (Lipinski definition) is 0. The molecule has 6 heteroatoms. The first kappa shape index (κ1) is 63.1. The van der Waals surface area contributed by atoms with Crippen LogP contribution in [0.15, 0.2) is 109 Å². The highest BCUT2D eigenvalue weighted by atomic mass is 16.6. The largest absolute Gasteiger partial charge is 0.462 e. The number of ether oxygens (including phenoxy) is 3. The molecule has 0 aromatic carbocycles. The minimum Gasteiger partial charge on any atom is -0.462 e. The van der Waals surface area contributed by atoms with Gasteiger partial charge in [0, 0.05) is 19.3 Å². The summed E-state index contributed by atoms with van der Waals surface area (Å²) in [6, 6.07) is 0. The van der Waals surface area contributed by atoms with E-state index in [1.807, 2.05) is 60.8 Å². The second-order valence-corrected chi connectivity index (χ2v) is 17.9. The van der Waals surface area contributed by atoms with Crippen molar-refractivity contribution in [2.75, 3.05) is 13.2 Å². The van der Waals surface area contributed by atoms with Gasteiger partial charge in [-0.25, -0.2) is 0 Å². The average Bonchev–Trinajstić information content (AvgIpc) is 3.33. The molecule has 1 unspecified atom stereocenters. The van der Waals surface area contributed by atoms with Crippen LogP contribution < -0.4 is 0 Å². The summed E-state index contributed by atoms with van der Waals surface area (Å²) in [5, 5.41) is 0. The Kier molecular flexibility index (Phi) is 51.5. The van der Waals surface area contributed by atoms with Gasteiger partial charge < -0.3 is 14.2 Å². The number of hydrogen-bond acceptors (Lipinski definition) is 6. The van der Waals surface area contributed by atoms with Gasteiger partial charge in [0.2, 0.25) is 0 Å². The third-order valence-corrected chi connectivity index (χ3v) is 11.4. The van der Waals surface area contributed by atoms with Crippen molar-refractivity contribution in [3.05, 3.63) is 109 Å². The summed E-state index contributed by atoms with van der Waals surface area (Å²) in [5.41, 5.74) is 0. The number of allylic oxidation sites excluding steroid dienone is 18. The molecule has 0 aromatic heterocycles. The predicted octanol–water partition coefficient (Wildman–Crippen LogP) is 18.3. The monoisotopic (exact) mass is 929 g/mol. The van der Waals surface area contributed by atoms with Gasteiger partial charge in [0.15, 0.2) is 6.10 Å². The van der Waals surface area contributed by atoms with E-state index < -0.39 is 6.10 Å². The molecule has 0 spiro atoms. The normalized spacial score (nSPS) is 12.9. The lowest BCUT2D eigenvalue weighted by atomic mass is 10.0. The third kappa shape index (κ3) is 52.9. The second-order valence-electron chi connectivity index (χ2n) is 17.9. The standard InChI is InChI=1S/C61H100O6/c1-4-7-10-13-16-19-22-25-28-31-34-36-39-42-45-48-51-54-60(63)66-57-58(67-61(64)55-52-49-46-43-40-37-33-30-27-24-21-18-15-12-9-6-3)56-65-59(62)53-50-47-44-41-38-35-32-29-26-23-20-17-14-11-8-5-2/h7,9-10,12-13,16,18-19,21-22,25,27-28,30-31,34,36,39,58H,4-6,8,11,14-15,17,20,23-24,26,29,32-33,35,37-38,40-57H2,1-3H3/b10-7-,12-9-,16-13-,21-18-,22-19-,28-25-,30-27-,34-31+,39-36-. The molecule has 67 heavy (non-hydrogen) atoms. The van der Waals surface area contributed by atoms with Crippen molar-refractivity contribution in [2.24, 2.45) is 0 Å². The lowest BCUT2D eigenvalue weighted by molar-refractivity contribution is -0.167. The summed E-state index contributed by atoms with van der Waals surface area (Å²) >= 11 is 0. The third-order valence-electron chi connectivity index (χ3n) is 11.4. The van der Waals surface area contributed by atoms with Crippen LogP contribution in [0.1, 0.15) is 239 Å². The topological polar surface area (TPSA) is 78.9 Å². The first-order chi connectivity index (χ1) is 33.0. The maximum Gasteiger partial charge on any atom is 0.306 e. The van der Waals surface area contributed by atoms with E-state index in [-0.39, 0.29) is 31.1 Å². The summed E-state index contributed by atoms with van der Waals surface area (Å²) in [4.78, 5) is 38.1. The Balaban J connectivity index is 4.50. The highest BCUT2D eigenvalue weighted by Gasteiger charge is 2.19. The molecule has 0 amide bonds. The fourth-order valence-electron chi connectivity index (χ4n) is 7.37. The van der Waals surface area contributed by atoms with Crippen molar-refractivity contribution in [1.29, 1.82) is 0 Å². The van der Waals surface area contributed by atoms with Crippen LogP contribution in [0.2, 0.25) is 0 Å². The second kappa shape index (κ2) is 54.7. The molecule has 380 valence electrons. The highest BCUT2D eigenvalue weighted by Crippen LogP contribution is 2.15. The van der Waals surface area contributed by atoms with Crippen molar-refractivity contribution in [3.63, 3.8) is 0 Å². The molecule has 0 aliphatic carbocycles. The van der Waals surface area contributed by atoms with E-state index in [1.54, 1.807) is 0 Å². The van der Waals surface area contributed by atoms with Crippen LogP contribution in [-0.2, 0) is 28.6 Å². The van der Waals surface area contributed by atoms with Crippen molar-refractivity contribution in [2.45, 2.75) is 245 Å². The van der Waals surface area contributed by atoms with Crippen LogP contribution >= 0.6 is 0 Å². The molecular formula is C61H100O6. The molecule has 6 nitrogen and oxygen atoms in total. The first-order valence-corrected chi connectivity index (χ1v) is 27.5. The quantitative estimate of drug-likeness (QED) is 0.0199. The Hall–Kier alpha value is -3.93. The molecule has 0 radical (unpaired) electrons. The number of rotatable bonds is 48. The Labute approximate surface area is 412 Å². The van der Waals surface area contributed by atoms with E-state index in [1.165, 1.54) is 96.3 Å². The molecule has 0 saturated heterocycles. The van der Waals surface area contributed by atoms with Gasteiger partial charge in [-0.3, -0.25) is 14.4 Å². The molecule has 0 N–H and O–H groups in total. The van der Waals surface area contributed by atoms with E-state index in [4.69, 9.17) is 14.2 Å². The van der Waals surface area contributed by atoms with Crippen LogP contribution in [0.3, 0.4) is 0 Å². The molecule has 0 saturated carbocycles. The van der Waals surface area contributed by atoms with Gasteiger partial charge in [0.1, 0.15) is 13.2 Å². The lowest BCUT2D eigenvalue weighted by Gasteiger charge is -2.18. The van der Waals surface area contributed by atoms with E-state index in [2.05, 4.69) is 69.4 Å². The van der Waals surface area contributed by atoms with Gasteiger partial charge in [0.25, 0.3) is 0 Å².